The van der Waals surface area contributed by atoms with Gasteiger partial charge < -0.3 is 5.73 Å². The third kappa shape index (κ3) is 4.44. The number of thiazole rings is 2. The summed E-state index contributed by atoms with van der Waals surface area (Å²) in [6.45, 7) is 0.266. The van der Waals surface area contributed by atoms with Gasteiger partial charge in [0.05, 0.1) is 5.01 Å². The van der Waals surface area contributed by atoms with Gasteiger partial charge in [-0.2, -0.15) is 12.7 Å². The lowest BCUT2D eigenvalue weighted by molar-refractivity contribution is 0.272. The Morgan fingerprint density at radius 3 is 2.68 bits per heavy atom. The maximum absolute atomic E-state index is 11.9. The van der Waals surface area contributed by atoms with Crippen LogP contribution in [0.3, 0.4) is 0 Å². The Bertz CT molecular complexity index is 793. The first-order chi connectivity index (χ1) is 11.8. The molecule has 1 aliphatic rings. The largest absolute Gasteiger partial charge is 0.324 e. The van der Waals surface area contributed by atoms with Crippen molar-refractivity contribution in [3.8, 4) is 10.7 Å². The third-order valence-corrected chi connectivity index (χ3v) is 7.86. The van der Waals surface area contributed by atoms with Crippen LogP contribution in [0.4, 0.5) is 0 Å². The van der Waals surface area contributed by atoms with Gasteiger partial charge in [-0.15, -0.1) is 22.7 Å². The Kier molecular flexibility index (Phi) is 5.57. The minimum atomic E-state index is -3.44. The summed E-state index contributed by atoms with van der Waals surface area (Å²) in [5.74, 6) is 0.390. The van der Waals surface area contributed by atoms with Gasteiger partial charge in [0.25, 0.3) is 10.2 Å². The average molecular weight is 402 g/mol. The number of nitrogens with two attached hydrogens (primary N) is 1. The SMILES string of the molecule is CN(C)S(=O)(=O)NCC1(N)CCC(c2nc(-c3nccs3)cs2)CC1. The summed E-state index contributed by atoms with van der Waals surface area (Å²) in [6, 6.07) is 0. The van der Waals surface area contributed by atoms with Crippen molar-refractivity contribution in [2.24, 2.45) is 5.73 Å². The molecular weight excluding hydrogens is 378 g/mol. The van der Waals surface area contributed by atoms with Gasteiger partial charge in [-0.1, -0.05) is 0 Å². The monoisotopic (exact) mass is 401 g/mol. The highest BCUT2D eigenvalue weighted by Gasteiger charge is 2.34. The summed E-state index contributed by atoms with van der Waals surface area (Å²) in [5.41, 5.74) is 6.87. The number of hydrogen-bond donors (Lipinski definition) is 2. The van der Waals surface area contributed by atoms with Crippen LogP contribution in [0, 0.1) is 0 Å². The van der Waals surface area contributed by atoms with Crippen LogP contribution in [0.5, 0.6) is 0 Å². The van der Waals surface area contributed by atoms with Gasteiger partial charge in [-0.25, -0.2) is 14.7 Å². The van der Waals surface area contributed by atoms with E-state index >= 15 is 0 Å². The summed E-state index contributed by atoms with van der Waals surface area (Å²) in [6.07, 6.45) is 5.19. The predicted octanol–water partition coefficient (Wildman–Crippen LogP) is 2.02. The smallest absolute Gasteiger partial charge is 0.278 e. The van der Waals surface area contributed by atoms with Gasteiger partial charge in [0, 0.05) is 49.1 Å². The van der Waals surface area contributed by atoms with Crippen molar-refractivity contribution >= 4 is 32.9 Å². The Balaban J connectivity index is 1.58. The molecule has 0 amide bonds. The zero-order valence-corrected chi connectivity index (χ0v) is 16.8. The van der Waals surface area contributed by atoms with Gasteiger partial charge in [-0.3, -0.25) is 0 Å². The minimum absolute atomic E-state index is 0.266. The van der Waals surface area contributed by atoms with E-state index in [0.717, 1.165) is 45.7 Å². The third-order valence-electron chi connectivity index (χ3n) is 4.59. The maximum atomic E-state index is 11.9. The molecule has 2 heterocycles. The molecule has 0 atom stereocenters. The van der Waals surface area contributed by atoms with Crippen LogP contribution in [0.25, 0.3) is 10.7 Å². The topological polar surface area (TPSA) is 101 Å². The lowest BCUT2D eigenvalue weighted by Crippen LogP contribution is -2.53. The van der Waals surface area contributed by atoms with Crippen molar-refractivity contribution in [1.29, 1.82) is 0 Å². The van der Waals surface area contributed by atoms with Crippen LogP contribution >= 0.6 is 22.7 Å². The van der Waals surface area contributed by atoms with Crippen LogP contribution in [0.15, 0.2) is 17.0 Å². The molecule has 10 heteroatoms. The van der Waals surface area contributed by atoms with E-state index in [4.69, 9.17) is 10.7 Å². The van der Waals surface area contributed by atoms with Crippen LogP contribution in [-0.4, -0.2) is 48.9 Å². The van der Waals surface area contributed by atoms with Crippen molar-refractivity contribution in [2.75, 3.05) is 20.6 Å². The first-order valence-electron chi connectivity index (χ1n) is 8.10. The highest BCUT2D eigenvalue weighted by molar-refractivity contribution is 7.87. The minimum Gasteiger partial charge on any atom is -0.324 e. The van der Waals surface area contributed by atoms with Crippen LogP contribution in [-0.2, 0) is 10.2 Å². The molecule has 0 aliphatic heterocycles. The molecule has 2 aromatic rings. The number of nitrogens with zero attached hydrogens (tertiary/aromatic N) is 3. The van der Waals surface area contributed by atoms with E-state index in [-0.39, 0.29) is 6.54 Å². The normalized spacial score (nSPS) is 24.7. The summed E-state index contributed by atoms with van der Waals surface area (Å²) in [4.78, 5) is 9.04. The highest BCUT2D eigenvalue weighted by Crippen LogP contribution is 2.39. The Labute approximate surface area is 156 Å². The van der Waals surface area contributed by atoms with E-state index < -0.39 is 15.7 Å². The van der Waals surface area contributed by atoms with Crippen molar-refractivity contribution in [1.82, 2.24) is 19.0 Å². The average Bonchev–Trinajstić information content (AvgIpc) is 3.25. The maximum Gasteiger partial charge on any atom is 0.278 e. The molecular formula is C15H23N5O2S3. The molecule has 0 bridgehead atoms. The van der Waals surface area contributed by atoms with Crippen LogP contribution in [0.1, 0.15) is 36.6 Å². The second-order valence-electron chi connectivity index (χ2n) is 6.65. The Morgan fingerprint density at radius 1 is 1.36 bits per heavy atom. The second-order valence-corrected chi connectivity index (χ2v) is 10.4. The number of aromatic nitrogens is 2. The number of hydrogen-bond acceptors (Lipinski definition) is 7. The zero-order chi connectivity index (χ0) is 18.1. The molecule has 2 aromatic heterocycles. The Hall–Kier alpha value is -0.910. The Morgan fingerprint density at radius 2 is 2.08 bits per heavy atom. The first kappa shape index (κ1) is 18.9. The molecule has 0 saturated heterocycles. The van der Waals surface area contributed by atoms with Gasteiger partial charge in [0.2, 0.25) is 0 Å². The van der Waals surface area contributed by atoms with Crippen molar-refractivity contribution in [3.05, 3.63) is 22.0 Å². The molecule has 1 aliphatic carbocycles. The summed E-state index contributed by atoms with van der Waals surface area (Å²) in [7, 11) is -0.426. The number of nitrogens with one attached hydrogen (secondary N) is 1. The summed E-state index contributed by atoms with van der Waals surface area (Å²) in [5, 5.41) is 6.08. The first-order valence-corrected chi connectivity index (χ1v) is 11.3. The van der Waals surface area contributed by atoms with E-state index in [9.17, 15) is 8.42 Å². The second kappa shape index (κ2) is 7.37. The summed E-state index contributed by atoms with van der Waals surface area (Å²) >= 11 is 3.26. The van der Waals surface area contributed by atoms with Gasteiger partial charge >= 0.3 is 0 Å². The molecule has 0 spiro atoms. The van der Waals surface area contributed by atoms with Crippen molar-refractivity contribution < 1.29 is 8.42 Å². The fourth-order valence-electron chi connectivity index (χ4n) is 2.90. The fraction of sp³-hybridized carbons (Fsp3) is 0.600. The molecule has 7 nitrogen and oxygen atoms in total. The lowest BCUT2D eigenvalue weighted by Gasteiger charge is -2.36. The highest BCUT2D eigenvalue weighted by atomic mass is 32.2. The van der Waals surface area contributed by atoms with E-state index in [1.807, 2.05) is 5.38 Å². The molecule has 0 aromatic carbocycles. The van der Waals surface area contributed by atoms with Gasteiger partial charge in [-0.05, 0) is 25.7 Å². The van der Waals surface area contributed by atoms with Crippen LogP contribution in [0.2, 0.25) is 0 Å². The molecule has 3 rings (SSSR count). The van der Waals surface area contributed by atoms with Gasteiger partial charge in [0.15, 0.2) is 0 Å². The van der Waals surface area contributed by atoms with Gasteiger partial charge in [0.1, 0.15) is 10.7 Å². The van der Waals surface area contributed by atoms with E-state index in [0.29, 0.717) is 5.92 Å². The molecule has 0 unspecified atom stereocenters. The standard InChI is InChI=1S/C15H23N5O2S3/c1-20(2)25(21,22)18-10-15(16)5-3-11(4-6-15)13-19-12(9-24-13)14-17-7-8-23-14/h7-9,11,18H,3-6,10,16H2,1-2H3. The fourth-order valence-corrected chi connectivity index (χ4v) is 5.28. The summed E-state index contributed by atoms with van der Waals surface area (Å²) < 4.78 is 27.5. The molecule has 1 fully saturated rings. The molecule has 0 radical (unpaired) electrons. The quantitative estimate of drug-likeness (QED) is 0.771. The molecule has 25 heavy (non-hydrogen) atoms. The predicted molar refractivity (Wildman–Crippen MR) is 102 cm³/mol. The zero-order valence-electron chi connectivity index (χ0n) is 14.3. The van der Waals surface area contributed by atoms with Crippen molar-refractivity contribution in [2.45, 2.75) is 37.1 Å². The molecule has 138 valence electrons. The van der Waals surface area contributed by atoms with E-state index in [1.165, 1.54) is 14.1 Å². The number of rotatable bonds is 6. The van der Waals surface area contributed by atoms with E-state index in [2.05, 4.69) is 15.1 Å². The van der Waals surface area contributed by atoms with Crippen LogP contribution < -0.4 is 10.5 Å². The molecule has 1 saturated carbocycles. The van der Waals surface area contributed by atoms with E-state index in [1.54, 1.807) is 28.9 Å². The van der Waals surface area contributed by atoms with Crippen molar-refractivity contribution in [3.63, 3.8) is 0 Å². The molecule has 3 N–H and O–H groups in total. The lowest BCUT2D eigenvalue weighted by atomic mass is 9.77.